The maximum absolute atomic E-state index is 5.74. The molecule has 1 aliphatic rings. The van der Waals surface area contributed by atoms with Gasteiger partial charge in [0, 0.05) is 6.54 Å². The molecule has 0 atom stereocenters. The van der Waals surface area contributed by atoms with Gasteiger partial charge in [-0.25, -0.2) is 0 Å². The number of nitrogens with one attached hydrogen (secondary N) is 1. The van der Waals surface area contributed by atoms with Gasteiger partial charge in [-0.1, -0.05) is 19.1 Å². The van der Waals surface area contributed by atoms with E-state index in [0.717, 1.165) is 24.8 Å². The van der Waals surface area contributed by atoms with Crippen LogP contribution in [0.3, 0.4) is 0 Å². The molecule has 0 radical (unpaired) electrons. The Labute approximate surface area is 129 Å². The second-order valence-corrected chi connectivity index (χ2v) is 6.32. The van der Waals surface area contributed by atoms with E-state index in [2.05, 4.69) is 49.2 Å². The number of piperidine rings is 1. The topological polar surface area (TPSA) is 24.5 Å². The molecule has 0 aromatic heterocycles. The predicted molar refractivity (Wildman–Crippen MR) is 88.8 cm³/mol. The van der Waals surface area contributed by atoms with Gasteiger partial charge in [-0.05, 0) is 76.5 Å². The second kappa shape index (κ2) is 8.40. The van der Waals surface area contributed by atoms with Crippen LogP contribution in [0.5, 0.6) is 5.75 Å². The van der Waals surface area contributed by atoms with Gasteiger partial charge in [-0.15, -0.1) is 0 Å². The molecular formula is C18H30N2O. The van der Waals surface area contributed by atoms with E-state index >= 15 is 0 Å². The van der Waals surface area contributed by atoms with Crippen molar-refractivity contribution < 1.29 is 4.74 Å². The summed E-state index contributed by atoms with van der Waals surface area (Å²) in [6, 6.07) is 8.42. The van der Waals surface area contributed by atoms with E-state index in [1.165, 1.54) is 38.0 Å². The average molecular weight is 290 g/mol. The first-order valence-electron chi connectivity index (χ1n) is 8.36. The standard InChI is InChI=1S/C18H30N2O/c1-4-20-10-8-16(9-11-20)13-19-14-17-6-5-7-18(12-17)21-15(2)3/h5-7,12,15-16,19H,4,8-11,13-14H2,1-3H3. The lowest BCUT2D eigenvalue weighted by atomic mass is 9.97. The highest BCUT2D eigenvalue weighted by atomic mass is 16.5. The molecule has 0 saturated carbocycles. The molecule has 1 aromatic carbocycles. The number of hydrogen-bond acceptors (Lipinski definition) is 3. The molecule has 1 N–H and O–H groups in total. The van der Waals surface area contributed by atoms with Gasteiger partial charge in [0.25, 0.3) is 0 Å². The van der Waals surface area contributed by atoms with Crippen LogP contribution in [0.4, 0.5) is 0 Å². The van der Waals surface area contributed by atoms with Crippen molar-refractivity contribution in [1.29, 1.82) is 0 Å². The maximum Gasteiger partial charge on any atom is 0.120 e. The molecule has 0 unspecified atom stereocenters. The monoisotopic (exact) mass is 290 g/mol. The van der Waals surface area contributed by atoms with Crippen molar-refractivity contribution in [3.63, 3.8) is 0 Å². The summed E-state index contributed by atoms with van der Waals surface area (Å²) in [5, 5.41) is 3.61. The first kappa shape index (κ1) is 16.3. The zero-order valence-electron chi connectivity index (χ0n) is 13.8. The third kappa shape index (κ3) is 5.68. The number of hydrogen-bond donors (Lipinski definition) is 1. The van der Waals surface area contributed by atoms with Gasteiger partial charge >= 0.3 is 0 Å². The van der Waals surface area contributed by atoms with Crippen molar-refractivity contribution in [3.05, 3.63) is 29.8 Å². The van der Waals surface area contributed by atoms with Gasteiger partial charge < -0.3 is 15.0 Å². The van der Waals surface area contributed by atoms with E-state index in [1.807, 2.05) is 6.07 Å². The van der Waals surface area contributed by atoms with Gasteiger partial charge in [0.05, 0.1) is 6.10 Å². The van der Waals surface area contributed by atoms with Crippen LogP contribution in [0.2, 0.25) is 0 Å². The van der Waals surface area contributed by atoms with Crippen molar-refractivity contribution in [2.45, 2.75) is 46.3 Å². The molecule has 0 bridgehead atoms. The molecule has 0 amide bonds. The highest BCUT2D eigenvalue weighted by Crippen LogP contribution is 2.17. The minimum Gasteiger partial charge on any atom is -0.491 e. The summed E-state index contributed by atoms with van der Waals surface area (Å²) in [4.78, 5) is 2.54. The van der Waals surface area contributed by atoms with Crippen LogP contribution in [-0.2, 0) is 6.54 Å². The molecule has 1 heterocycles. The zero-order valence-corrected chi connectivity index (χ0v) is 13.8. The summed E-state index contributed by atoms with van der Waals surface area (Å²) in [6.45, 7) is 12.2. The van der Waals surface area contributed by atoms with Crippen LogP contribution in [0.1, 0.15) is 39.2 Å². The van der Waals surface area contributed by atoms with E-state index < -0.39 is 0 Å². The Bertz CT molecular complexity index is 411. The Morgan fingerprint density at radius 1 is 1.29 bits per heavy atom. The molecule has 1 fully saturated rings. The molecule has 21 heavy (non-hydrogen) atoms. The fourth-order valence-electron chi connectivity index (χ4n) is 2.93. The maximum atomic E-state index is 5.74. The number of likely N-dealkylation sites (tertiary alicyclic amines) is 1. The summed E-state index contributed by atoms with van der Waals surface area (Å²) in [5.74, 6) is 1.81. The number of rotatable bonds is 7. The molecule has 1 aromatic rings. The van der Waals surface area contributed by atoms with Gasteiger partial charge in [0.1, 0.15) is 5.75 Å². The minimum absolute atomic E-state index is 0.233. The zero-order chi connectivity index (χ0) is 15.1. The van der Waals surface area contributed by atoms with Crippen LogP contribution in [0.25, 0.3) is 0 Å². The molecule has 0 aliphatic carbocycles. The van der Waals surface area contributed by atoms with Crippen molar-refractivity contribution >= 4 is 0 Å². The van der Waals surface area contributed by atoms with E-state index in [1.54, 1.807) is 0 Å². The Balaban J connectivity index is 1.71. The Hall–Kier alpha value is -1.06. The van der Waals surface area contributed by atoms with E-state index in [9.17, 15) is 0 Å². The second-order valence-electron chi connectivity index (χ2n) is 6.32. The van der Waals surface area contributed by atoms with Gasteiger partial charge in [-0.3, -0.25) is 0 Å². The molecule has 2 rings (SSSR count). The summed E-state index contributed by atoms with van der Waals surface area (Å²) in [6.07, 6.45) is 2.89. The van der Waals surface area contributed by atoms with E-state index in [-0.39, 0.29) is 6.10 Å². The van der Waals surface area contributed by atoms with Crippen LogP contribution in [0, 0.1) is 5.92 Å². The fraction of sp³-hybridized carbons (Fsp3) is 0.667. The van der Waals surface area contributed by atoms with Crippen molar-refractivity contribution in [2.75, 3.05) is 26.2 Å². The summed E-state index contributed by atoms with van der Waals surface area (Å²) in [7, 11) is 0. The first-order chi connectivity index (χ1) is 10.2. The lowest BCUT2D eigenvalue weighted by molar-refractivity contribution is 0.190. The molecule has 3 nitrogen and oxygen atoms in total. The average Bonchev–Trinajstić information content (AvgIpc) is 2.48. The SMILES string of the molecule is CCN1CCC(CNCc2cccc(OC(C)C)c2)CC1. The summed E-state index contributed by atoms with van der Waals surface area (Å²) < 4.78 is 5.74. The molecular weight excluding hydrogens is 260 g/mol. The van der Waals surface area contributed by atoms with E-state index in [0.29, 0.717) is 0 Å². The Kier molecular flexibility index (Phi) is 6.52. The Morgan fingerprint density at radius 3 is 2.71 bits per heavy atom. The largest absolute Gasteiger partial charge is 0.491 e. The number of benzene rings is 1. The Morgan fingerprint density at radius 2 is 2.05 bits per heavy atom. The predicted octanol–water partition coefficient (Wildman–Crippen LogP) is 3.30. The third-order valence-electron chi connectivity index (χ3n) is 4.19. The van der Waals surface area contributed by atoms with Crippen molar-refractivity contribution in [1.82, 2.24) is 10.2 Å². The van der Waals surface area contributed by atoms with Crippen LogP contribution in [-0.4, -0.2) is 37.2 Å². The number of ether oxygens (including phenoxy) is 1. The fourth-order valence-corrected chi connectivity index (χ4v) is 2.93. The summed E-state index contributed by atoms with van der Waals surface area (Å²) >= 11 is 0. The quantitative estimate of drug-likeness (QED) is 0.834. The van der Waals surface area contributed by atoms with Crippen molar-refractivity contribution in [3.8, 4) is 5.75 Å². The lowest BCUT2D eigenvalue weighted by Crippen LogP contribution is -2.36. The molecule has 1 saturated heterocycles. The minimum atomic E-state index is 0.233. The van der Waals surface area contributed by atoms with Gasteiger partial charge in [-0.2, -0.15) is 0 Å². The third-order valence-corrected chi connectivity index (χ3v) is 4.19. The smallest absolute Gasteiger partial charge is 0.120 e. The normalized spacial score (nSPS) is 17.3. The van der Waals surface area contributed by atoms with E-state index in [4.69, 9.17) is 4.74 Å². The highest BCUT2D eigenvalue weighted by Gasteiger charge is 2.17. The first-order valence-corrected chi connectivity index (χ1v) is 8.36. The van der Waals surface area contributed by atoms with Crippen LogP contribution in [0.15, 0.2) is 24.3 Å². The molecule has 0 spiro atoms. The summed E-state index contributed by atoms with van der Waals surface area (Å²) in [5.41, 5.74) is 1.30. The molecule has 118 valence electrons. The van der Waals surface area contributed by atoms with Crippen LogP contribution < -0.4 is 10.1 Å². The number of nitrogens with zero attached hydrogens (tertiary/aromatic N) is 1. The van der Waals surface area contributed by atoms with Gasteiger partial charge in [0.15, 0.2) is 0 Å². The van der Waals surface area contributed by atoms with Crippen molar-refractivity contribution in [2.24, 2.45) is 5.92 Å². The molecule has 1 aliphatic heterocycles. The lowest BCUT2D eigenvalue weighted by Gasteiger charge is -2.31. The molecule has 3 heteroatoms. The van der Waals surface area contributed by atoms with Crippen LogP contribution >= 0.6 is 0 Å². The highest BCUT2D eigenvalue weighted by molar-refractivity contribution is 5.28. The van der Waals surface area contributed by atoms with Gasteiger partial charge in [0.2, 0.25) is 0 Å².